The zero-order valence-corrected chi connectivity index (χ0v) is 27.4. The van der Waals surface area contributed by atoms with Crippen molar-refractivity contribution >= 4 is 55.2 Å². The van der Waals surface area contributed by atoms with Gasteiger partial charge in [-0.2, -0.15) is 0 Å². The van der Waals surface area contributed by atoms with Crippen LogP contribution in [0.1, 0.15) is 97.8 Å². The highest BCUT2D eigenvalue weighted by molar-refractivity contribution is 7.33. The second kappa shape index (κ2) is 8.17. The van der Waals surface area contributed by atoms with Crippen LogP contribution in [-0.2, 0) is 16.2 Å². The summed E-state index contributed by atoms with van der Waals surface area (Å²) >= 11 is 1.92. The maximum Gasteiger partial charge on any atom is 0.268 e. The topological polar surface area (TPSA) is 21.7 Å². The van der Waals surface area contributed by atoms with Gasteiger partial charge in [-0.05, 0) is 70.3 Å². The summed E-state index contributed by atoms with van der Waals surface area (Å²) in [5.74, 6) is 2.85. The third-order valence-electron chi connectivity index (χ3n) is 11.3. The lowest BCUT2D eigenvalue weighted by atomic mass is 9.36. The summed E-state index contributed by atoms with van der Waals surface area (Å²) in [7, 11) is 1.78. The van der Waals surface area contributed by atoms with E-state index in [4.69, 9.17) is 9.47 Å². The van der Waals surface area contributed by atoms with E-state index in [1.54, 1.807) is 12.7 Å². The van der Waals surface area contributed by atoms with E-state index < -0.39 is 0 Å². The molecule has 0 spiro atoms. The maximum atomic E-state index is 7.01. The summed E-state index contributed by atoms with van der Waals surface area (Å²) < 4.78 is 15.6. The van der Waals surface area contributed by atoms with Crippen molar-refractivity contribution in [2.45, 2.75) is 103 Å². The second-order valence-corrected chi connectivity index (χ2v) is 16.8. The number of methoxy groups -OCH3 is 1. The van der Waals surface area contributed by atoms with E-state index in [1.807, 2.05) is 11.3 Å². The molecule has 0 amide bonds. The monoisotopic (exact) mass is 575 g/mol. The van der Waals surface area contributed by atoms with Gasteiger partial charge in [-0.15, -0.1) is 11.3 Å². The van der Waals surface area contributed by atoms with E-state index in [1.165, 1.54) is 74.0 Å². The molecule has 1 saturated carbocycles. The standard InChI is InChI=1S/C37H42BNO2S/c1-34(2,3)21-12-13-29-24(16-21)32-33(42-29)38-26-18-22(35(4,5)6)17-25-31(26)39(37(8)15-11-10-14-36(25,37)7)27-19-23(40-9)20-28(41-32)30(27)38/h12-13,16-20H,10-11,14-15H2,1-9H3. The molecule has 4 aromatic rings. The summed E-state index contributed by atoms with van der Waals surface area (Å²) in [6.45, 7) is 19.2. The molecule has 5 heteroatoms. The molecule has 8 rings (SSSR count). The predicted octanol–water partition coefficient (Wildman–Crippen LogP) is 8.18. The van der Waals surface area contributed by atoms with Crippen LogP contribution in [0.15, 0.2) is 42.5 Å². The zero-order valence-electron chi connectivity index (χ0n) is 26.6. The van der Waals surface area contributed by atoms with E-state index >= 15 is 0 Å². The smallest absolute Gasteiger partial charge is 0.268 e. The van der Waals surface area contributed by atoms with Crippen LogP contribution >= 0.6 is 11.3 Å². The van der Waals surface area contributed by atoms with E-state index in [0.29, 0.717) is 0 Å². The van der Waals surface area contributed by atoms with Crippen LogP contribution in [0.25, 0.3) is 10.1 Å². The molecule has 216 valence electrons. The van der Waals surface area contributed by atoms with Crippen LogP contribution in [0.3, 0.4) is 0 Å². The molecule has 1 fully saturated rings. The van der Waals surface area contributed by atoms with E-state index in [2.05, 4.69) is 103 Å². The van der Waals surface area contributed by atoms with Crippen molar-refractivity contribution in [2.24, 2.45) is 0 Å². The first kappa shape index (κ1) is 26.7. The van der Waals surface area contributed by atoms with Gasteiger partial charge in [-0.25, -0.2) is 0 Å². The lowest BCUT2D eigenvalue weighted by Crippen LogP contribution is -2.63. The average molecular weight is 576 g/mol. The number of ether oxygens (including phenoxy) is 2. The minimum Gasteiger partial charge on any atom is -0.497 e. The van der Waals surface area contributed by atoms with Gasteiger partial charge < -0.3 is 14.4 Å². The van der Waals surface area contributed by atoms with Crippen LogP contribution in [0.4, 0.5) is 11.4 Å². The Morgan fingerprint density at radius 1 is 0.905 bits per heavy atom. The summed E-state index contributed by atoms with van der Waals surface area (Å²) in [4.78, 5) is 2.74. The maximum absolute atomic E-state index is 7.01. The van der Waals surface area contributed by atoms with Crippen LogP contribution in [0, 0.1) is 0 Å². The Hall–Kier alpha value is -2.92. The number of thiophene rings is 1. The van der Waals surface area contributed by atoms with Crippen molar-refractivity contribution in [1.82, 2.24) is 0 Å². The van der Waals surface area contributed by atoms with E-state index in [9.17, 15) is 0 Å². The van der Waals surface area contributed by atoms with Gasteiger partial charge in [0.1, 0.15) is 17.2 Å². The number of rotatable bonds is 1. The summed E-state index contributed by atoms with van der Waals surface area (Å²) in [6, 6.07) is 16.5. The highest BCUT2D eigenvalue weighted by atomic mass is 32.1. The first-order valence-corrected chi connectivity index (χ1v) is 16.5. The van der Waals surface area contributed by atoms with Crippen molar-refractivity contribution in [3.8, 4) is 17.2 Å². The van der Waals surface area contributed by atoms with Crippen molar-refractivity contribution in [3.63, 3.8) is 0 Å². The van der Waals surface area contributed by atoms with Gasteiger partial charge in [-0.1, -0.05) is 79.5 Å². The molecule has 2 unspecified atom stereocenters. The molecule has 2 atom stereocenters. The quantitative estimate of drug-likeness (QED) is 0.188. The first-order valence-electron chi connectivity index (χ1n) is 15.7. The van der Waals surface area contributed by atoms with Crippen LogP contribution in [0.5, 0.6) is 17.2 Å². The number of anilines is 2. The average Bonchev–Trinajstić information content (AvgIpc) is 3.39. The molecular formula is C37H42BNO2S. The van der Waals surface area contributed by atoms with Crippen molar-refractivity contribution < 1.29 is 9.47 Å². The Kier molecular flexibility index (Phi) is 5.19. The van der Waals surface area contributed by atoms with Gasteiger partial charge in [-0.3, -0.25) is 0 Å². The molecule has 1 aromatic heterocycles. The van der Waals surface area contributed by atoms with Gasteiger partial charge >= 0.3 is 0 Å². The lowest BCUT2D eigenvalue weighted by molar-refractivity contribution is 0.195. The first-order chi connectivity index (χ1) is 19.8. The van der Waals surface area contributed by atoms with Gasteiger partial charge in [0.05, 0.1) is 12.6 Å². The lowest BCUT2D eigenvalue weighted by Gasteiger charge is -2.52. The Balaban J connectivity index is 1.50. The molecule has 4 aliphatic rings. The normalized spacial score (nSPS) is 23.7. The fourth-order valence-corrected chi connectivity index (χ4v) is 9.79. The molecule has 4 heterocycles. The zero-order chi connectivity index (χ0) is 29.6. The summed E-state index contributed by atoms with van der Waals surface area (Å²) in [6.07, 6.45) is 4.95. The minimum absolute atomic E-state index is 0.00794. The second-order valence-electron chi connectivity index (χ2n) is 15.7. The molecule has 0 bridgehead atoms. The number of benzene rings is 3. The Bertz CT molecular complexity index is 1820. The molecule has 42 heavy (non-hydrogen) atoms. The Morgan fingerprint density at radius 3 is 2.36 bits per heavy atom. The Labute approximate surface area is 255 Å². The predicted molar refractivity (Wildman–Crippen MR) is 180 cm³/mol. The van der Waals surface area contributed by atoms with Gasteiger partial charge in [0.15, 0.2) is 0 Å². The van der Waals surface area contributed by atoms with Crippen LogP contribution < -0.4 is 30.1 Å². The fourth-order valence-electron chi connectivity index (χ4n) is 8.55. The van der Waals surface area contributed by atoms with Crippen molar-refractivity contribution in [3.05, 3.63) is 59.2 Å². The molecule has 3 aromatic carbocycles. The summed E-state index contributed by atoms with van der Waals surface area (Å²) in [5.41, 5.74) is 10.0. The van der Waals surface area contributed by atoms with Crippen LogP contribution in [-0.4, -0.2) is 19.4 Å². The SMILES string of the molecule is COc1cc2c3c(c1)N1c4c(cc(C(C)(C)C)cc4C4(C)CCCCC14C)B3c1sc3ccc(C(C)(C)C)cc3c1O2. The van der Waals surface area contributed by atoms with Gasteiger partial charge in [0.2, 0.25) is 0 Å². The summed E-state index contributed by atoms with van der Waals surface area (Å²) in [5, 5.41) is 1.23. The molecule has 0 radical (unpaired) electrons. The number of nitrogens with zero attached hydrogens (tertiary/aromatic N) is 1. The van der Waals surface area contributed by atoms with E-state index in [0.717, 1.165) is 17.2 Å². The van der Waals surface area contributed by atoms with Gasteiger partial charge in [0, 0.05) is 43.8 Å². The van der Waals surface area contributed by atoms with E-state index in [-0.39, 0.29) is 28.5 Å². The minimum atomic E-state index is -0.00794. The van der Waals surface area contributed by atoms with Crippen molar-refractivity contribution in [1.29, 1.82) is 0 Å². The largest absolute Gasteiger partial charge is 0.497 e. The molecule has 0 N–H and O–H groups in total. The third-order valence-corrected chi connectivity index (χ3v) is 12.5. The molecular weight excluding hydrogens is 533 g/mol. The number of hydrogen-bond acceptors (Lipinski definition) is 4. The van der Waals surface area contributed by atoms with Crippen LogP contribution in [0.2, 0.25) is 0 Å². The molecule has 0 saturated heterocycles. The molecule has 3 aliphatic heterocycles. The highest BCUT2D eigenvalue weighted by Crippen LogP contribution is 2.62. The molecule has 1 aliphatic carbocycles. The van der Waals surface area contributed by atoms with Gasteiger partial charge in [0.25, 0.3) is 6.71 Å². The third kappa shape index (κ3) is 3.24. The Morgan fingerprint density at radius 2 is 1.64 bits per heavy atom. The molecule has 3 nitrogen and oxygen atoms in total. The van der Waals surface area contributed by atoms with Crippen molar-refractivity contribution in [2.75, 3.05) is 12.0 Å². The number of hydrogen-bond donors (Lipinski definition) is 0. The fraction of sp³-hybridized carbons (Fsp3) is 0.459. The number of fused-ring (bicyclic) bond motifs is 9. The highest BCUT2D eigenvalue weighted by Gasteiger charge is 2.61.